The normalized spacial score (nSPS) is 18.2. The molecular formula is C31H44O5. The van der Waals surface area contributed by atoms with Crippen molar-refractivity contribution in [2.45, 2.75) is 80.3 Å². The van der Waals surface area contributed by atoms with Crippen molar-refractivity contribution in [3.63, 3.8) is 0 Å². The Balaban J connectivity index is 0.00000154. The van der Waals surface area contributed by atoms with Crippen LogP contribution in [0.4, 0.5) is 0 Å². The molecule has 0 heterocycles. The quantitative estimate of drug-likeness (QED) is 0.352. The lowest BCUT2D eigenvalue weighted by Gasteiger charge is -2.32. The molecule has 1 saturated carbocycles. The number of Topliss-reactive ketones (excluding diaryl/α,β-unsaturated/α-hetero) is 1. The summed E-state index contributed by atoms with van der Waals surface area (Å²) >= 11 is 0. The van der Waals surface area contributed by atoms with E-state index in [1.165, 1.54) is 0 Å². The molecule has 4 unspecified atom stereocenters. The van der Waals surface area contributed by atoms with Crippen LogP contribution in [0.15, 0.2) is 54.6 Å². The zero-order chi connectivity index (χ0) is 27.1. The molecule has 5 heteroatoms. The molecule has 5 nitrogen and oxygen atoms in total. The summed E-state index contributed by atoms with van der Waals surface area (Å²) in [7, 11) is 0. The first kappa shape index (κ1) is 31.1. The van der Waals surface area contributed by atoms with Crippen molar-refractivity contribution in [1.82, 2.24) is 0 Å². The lowest BCUT2D eigenvalue weighted by molar-refractivity contribution is -0.155. The highest BCUT2D eigenvalue weighted by Gasteiger charge is 2.34. The van der Waals surface area contributed by atoms with E-state index in [1.54, 1.807) is 38.1 Å². The third-order valence-corrected chi connectivity index (χ3v) is 6.46. The first-order chi connectivity index (χ1) is 17.4. The van der Waals surface area contributed by atoms with Crippen molar-refractivity contribution in [2.75, 3.05) is 6.61 Å². The SMILES string of the molecule is CC.CC.CCOC(=O)c1ccc(C(OC(=O)C2CCCC(C(C)C(C)=O)C2)c2ccccc2)cc1. The molecule has 0 N–H and O–H groups in total. The fourth-order valence-electron chi connectivity index (χ4n) is 4.40. The van der Waals surface area contributed by atoms with Crippen LogP contribution in [0.3, 0.4) is 0 Å². The lowest BCUT2D eigenvalue weighted by atomic mass is 9.74. The number of hydrogen-bond acceptors (Lipinski definition) is 5. The van der Waals surface area contributed by atoms with Gasteiger partial charge in [0.05, 0.1) is 18.1 Å². The number of esters is 2. The van der Waals surface area contributed by atoms with Gasteiger partial charge in [0.2, 0.25) is 0 Å². The summed E-state index contributed by atoms with van der Waals surface area (Å²) < 4.78 is 11.1. The van der Waals surface area contributed by atoms with Gasteiger partial charge in [-0.15, -0.1) is 0 Å². The van der Waals surface area contributed by atoms with E-state index < -0.39 is 6.10 Å². The van der Waals surface area contributed by atoms with E-state index in [0.717, 1.165) is 30.4 Å². The van der Waals surface area contributed by atoms with E-state index in [1.807, 2.05) is 65.0 Å². The van der Waals surface area contributed by atoms with E-state index in [4.69, 9.17) is 9.47 Å². The highest BCUT2D eigenvalue weighted by Crippen LogP contribution is 2.36. The largest absolute Gasteiger partial charge is 0.462 e. The van der Waals surface area contributed by atoms with E-state index in [-0.39, 0.29) is 35.5 Å². The zero-order valence-electron chi connectivity index (χ0n) is 23.1. The van der Waals surface area contributed by atoms with E-state index in [9.17, 15) is 14.4 Å². The molecule has 1 aliphatic carbocycles. The fourth-order valence-corrected chi connectivity index (χ4v) is 4.40. The average molecular weight is 497 g/mol. The summed E-state index contributed by atoms with van der Waals surface area (Å²) in [6, 6.07) is 16.6. The lowest BCUT2D eigenvalue weighted by Crippen LogP contribution is -2.30. The van der Waals surface area contributed by atoms with Crippen molar-refractivity contribution >= 4 is 17.7 Å². The van der Waals surface area contributed by atoms with Gasteiger partial charge in [0.15, 0.2) is 6.10 Å². The maximum absolute atomic E-state index is 13.2. The minimum Gasteiger partial charge on any atom is -0.462 e. The van der Waals surface area contributed by atoms with Crippen LogP contribution in [0.1, 0.15) is 102 Å². The van der Waals surface area contributed by atoms with Crippen LogP contribution in [0.2, 0.25) is 0 Å². The van der Waals surface area contributed by atoms with Crippen LogP contribution >= 0.6 is 0 Å². The Morgan fingerprint density at radius 2 is 1.47 bits per heavy atom. The summed E-state index contributed by atoms with van der Waals surface area (Å²) in [4.78, 5) is 37.0. The van der Waals surface area contributed by atoms with Gasteiger partial charge in [-0.2, -0.15) is 0 Å². The maximum atomic E-state index is 13.2. The Hall–Kier alpha value is -2.95. The average Bonchev–Trinajstić information content (AvgIpc) is 2.94. The second kappa shape index (κ2) is 16.7. The molecule has 36 heavy (non-hydrogen) atoms. The topological polar surface area (TPSA) is 69.7 Å². The standard InChI is InChI=1S/C27H32O5.2C2H6/c1-4-31-26(29)22-15-13-21(14-16-22)25(20-9-6-5-7-10-20)32-27(30)24-12-8-11-23(17-24)18(2)19(3)28;2*1-2/h5-7,9-10,13-16,18,23-25H,4,8,11-12,17H2,1-3H3;2*1-2H3. The van der Waals surface area contributed by atoms with Gasteiger partial charge in [-0.1, -0.05) is 83.5 Å². The summed E-state index contributed by atoms with van der Waals surface area (Å²) in [5.74, 6) is -0.453. The molecule has 0 aromatic heterocycles. The Morgan fingerprint density at radius 3 is 2.03 bits per heavy atom. The van der Waals surface area contributed by atoms with E-state index >= 15 is 0 Å². The van der Waals surface area contributed by atoms with Crippen LogP contribution < -0.4 is 0 Å². The van der Waals surface area contributed by atoms with Crippen LogP contribution in [0, 0.1) is 17.8 Å². The molecule has 0 bridgehead atoms. The van der Waals surface area contributed by atoms with Gasteiger partial charge >= 0.3 is 11.9 Å². The van der Waals surface area contributed by atoms with Crippen molar-refractivity contribution in [3.8, 4) is 0 Å². The number of hydrogen-bond donors (Lipinski definition) is 0. The second-order valence-electron chi connectivity index (χ2n) is 8.59. The van der Waals surface area contributed by atoms with Crippen molar-refractivity contribution < 1.29 is 23.9 Å². The molecule has 0 radical (unpaired) electrons. The molecule has 1 aliphatic rings. The summed E-state index contributed by atoms with van der Waals surface area (Å²) in [6.45, 7) is 13.7. The fraction of sp³-hybridized carbons (Fsp3) is 0.516. The second-order valence-corrected chi connectivity index (χ2v) is 8.59. The van der Waals surface area contributed by atoms with Gasteiger partial charge in [-0.3, -0.25) is 9.59 Å². The monoisotopic (exact) mass is 496 g/mol. The maximum Gasteiger partial charge on any atom is 0.338 e. The summed E-state index contributed by atoms with van der Waals surface area (Å²) in [6.07, 6.45) is 2.80. The molecule has 0 saturated heterocycles. The van der Waals surface area contributed by atoms with Crippen molar-refractivity contribution in [2.24, 2.45) is 17.8 Å². The minimum absolute atomic E-state index is 0.0362. The van der Waals surface area contributed by atoms with Crippen LogP contribution in [-0.2, 0) is 19.1 Å². The van der Waals surface area contributed by atoms with Gasteiger partial charge in [0.1, 0.15) is 5.78 Å². The molecule has 0 spiro atoms. The molecular weight excluding hydrogens is 452 g/mol. The molecule has 0 amide bonds. The Morgan fingerprint density at radius 1 is 0.889 bits per heavy atom. The van der Waals surface area contributed by atoms with Gasteiger partial charge in [0, 0.05) is 5.92 Å². The van der Waals surface area contributed by atoms with Crippen molar-refractivity contribution in [3.05, 3.63) is 71.3 Å². The number of rotatable bonds is 8. The van der Waals surface area contributed by atoms with Crippen LogP contribution in [0.5, 0.6) is 0 Å². The van der Waals surface area contributed by atoms with E-state index in [2.05, 4.69) is 0 Å². The molecule has 2 aromatic carbocycles. The zero-order valence-corrected chi connectivity index (χ0v) is 23.1. The Bertz CT molecular complexity index is 920. The number of carbonyl (C=O) groups is 3. The third-order valence-electron chi connectivity index (χ3n) is 6.46. The van der Waals surface area contributed by atoms with E-state index in [0.29, 0.717) is 18.6 Å². The molecule has 198 valence electrons. The molecule has 3 rings (SSSR count). The molecule has 2 aromatic rings. The minimum atomic E-state index is -0.564. The van der Waals surface area contributed by atoms with Crippen LogP contribution in [0.25, 0.3) is 0 Å². The summed E-state index contributed by atoms with van der Waals surface area (Å²) in [5.41, 5.74) is 2.12. The van der Waals surface area contributed by atoms with Crippen LogP contribution in [-0.4, -0.2) is 24.3 Å². The number of carbonyl (C=O) groups excluding carboxylic acids is 3. The highest BCUT2D eigenvalue weighted by atomic mass is 16.5. The smallest absolute Gasteiger partial charge is 0.338 e. The first-order valence-electron chi connectivity index (χ1n) is 13.4. The summed E-state index contributed by atoms with van der Waals surface area (Å²) in [5, 5.41) is 0. The number of ketones is 1. The van der Waals surface area contributed by atoms with Crippen molar-refractivity contribution in [1.29, 1.82) is 0 Å². The third kappa shape index (κ3) is 8.92. The van der Waals surface area contributed by atoms with Gasteiger partial charge in [-0.25, -0.2) is 4.79 Å². The van der Waals surface area contributed by atoms with Gasteiger partial charge < -0.3 is 9.47 Å². The molecule has 0 aliphatic heterocycles. The number of ether oxygens (including phenoxy) is 2. The Labute approximate surface area is 217 Å². The predicted octanol–water partition coefficient (Wildman–Crippen LogP) is 7.58. The Kier molecular flexibility index (Phi) is 14.4. The van der Waals surface area contributed by atoms with Gasteiger partial charge in [-0.05, 0) is 62.3 Å². The number of benzene rings is 2. The molecule has 4 atom stereocenters. The highest BCUT2D eigenvalue weighted by molar-refractivity contribution is 5.89. The first-order valence-corrected chi connectivity index (χ1v) is 13.4. The predicted molar refractivity (Wildman–Crippen MR) is 145 cm³/mol. The van der Waals surface area contributed by atoms with Gasteiger partial charge in [0.25, 0.3) is 0 Å². The molecule has 1 fully saturated rings.